The summed E-state index contributed by atoms with van der Waals surface area (Å²) in [6, 6.07) is 21.2. The Bertz CT molecular complexity index is 1300. The smallest absolute Gasteiger partial charge is 0.369 e. The summed E-state index contributed by atoms with van der Waals surface area (Å²) in [5.41, 5.74) is -3.01. The second-order valence-corrected chi connectivity index (χ2v) is 8.76. The van der Waals surface area contributed by atoms with Crippen LogP contribution in [0.4, 0.5) is 18.9 Å². The van der Waals surface area contributed by atoms with E-state index in [2.05, 4.69) is 17.2 Å². The van der Waals surface area contributed by atoms with Crippen molar-refractivity contribution in [1.82, 2.24) is 0 Å². The summed E-state index contributed by atoms with van der Waals surface area (Å²) in [7, 11) is 0. The lowest BCUT2D eigenvalue weighted by Gasteiger charge is -2.32. The molecule has 0 bridgehead atoms. The number of alkyl halides is 3. The van der Waals surface area contributed by atoms with Crippen molar-refractivity contribution in [3.8, 4) is 24.2 Å². The molecule has 178 valence electrons. The summed E-state index contributed by atoms with van der Waals surface area (Å²) in [5.74, 6) is 6.53. The first-order valence-electron chi connectivity index (χ1n) is 10.8. The van der Waals surface area contributed by atoms with Gasteiger partial charge in [0.1, 0.15) is 0 Å². The number of benzene rings is 3. The van der Waals surface area contributed by atoms with E-state index >= 15 is 0 Å². The molecule has 1 atom stereocenters. The van der Waals surface area contributed by atoms with E-state index in [0.29, 0.717) is 5.56 Å². The molecule has 0 radical (unpaired) electrons. The minimum atomic E-state index is -4.71. The third-order valence-corrected chi connectivity index (χ3v) is 5.55. The summed E-state index contributed by atoms with van der Waals surface area (Å²) >= 11 is 0. The van der Waals surface area contributed by atoms with Gasteiger partial charge in [0.2, 0.25) is 5.60 Å². The maximum atomic E-state index is 13.4. The van der Waals surface area contributed by atoms with Crippen LogP contribution in [-0.2, 0) is 16.4 Å². The number of carbonyl (C=O) groups excluding carboxylic acids is 1. The average molecular weight is 476 g/mol. The molecule has 0 aliphatic heterocycles. The molecule has 0 saturated heterocycles. The standard InChI is InChI=1S/C29H24F3NO2/c1-4-22-15-16-24(19-25(22)29(30,31)32)33-26(34)28(35,18-17-21-11-7-5-8-12-21)20-27(2,3)23-13-9-6-10-14-23/h1,5-16,19,35H,20H2,2-3H3,(H,33,34). The zero-order chi connectivity index (χ0) is 25.7. The fourth-order valence-corrected chi connectivity index (χ4v) is 3.73. The molecular weight excluding hydrogens is 451 g/mol. The molecule has 3 rings (SSSR count). The van der Waals surface area contributed by atoms with Crippen LogP contribution in [0.5, 0.6) is 0 Å². The predicted octanol–water partition coefficient (Wildman–Crippen LogP) is 5.78. The lowest BCUT2D eigenvalue weighted by Crippen LogP contribution is -2.46. The highest BCUT2D eigenvalue weighted by molar-refractivity contribution is 6.00. The third kappa shape index (κ3) is 6.32. The first-order chi connectivity index (χ1) is 16.4. The first-order valence-corrected chi connectivity index (χ1v) is 10.8. The van der Waals surface area contributed by atoms with Crippen LogP contribution in [-0.4, -0.2) is 16.6 Å². The van der Waals surface area contributed by atoms with Crippen LogP contribution in [0.25, 0.3) is 0 Å². The Hall–Kier alpha value is -4.00. The molecule has 0 saturated carbocycles. The Morgan fingerprint density at radius 3 is 2.14 bits per heavy atom. The predicted molar refractivity (Wildman–Crippen MR) is 130 cm³/mol. The number of nitrogens with one attached hydrogen (secondary N) is 1. The maximum absolute atomic E-state index is 13.4. The number of hydrogen-bond acceptors (Lipinski definition) is 2. The Balaban J connectivity index is 2.00. The monoisotopic (exact) mass is 475 g/mol. The molecule has 0 aliphatic rings. The molecule has 0 heterocycles. The highest BCUT2D eigenvalue weighted by atomic mass is 19.4. The fourth-order valence-electron chi connectivity index (χ4n) is 3.73. The van der Waals surface area contributed by atoms with E-state index in [1.807, 2.05) is 50.1 Å². The molecule has 3 aromatic carbocycles. The van der Waals surface area contributed by atoms with E-state index in [9.17, 15) is 23.1 Å². The molecule has 6 heteroatoms. The van der Waals surface area contributed by atoms with Gasteiger partial charge in [-0.25, -0.2) is 0 Å². The first kappa shape index (κ1) is 25.6. The lowest BCUT2D eigenvalue weighted by molar-refractivity contribution is -0.137. The molecular formula is C29H24F3NO2. The topological polar surface area (TPSA) is 49.3 Å². The van der Waals surface area contributed by atoms with Crippen molar-refractivity contribution in [3.05, 3.63) is 101 Å². The van der Waals surface area contributed by atoms with Gasteiger partial charge in [-0.3, -0.25) is 4.79 Å². The minimum Gasteiger partial charge on any atom is -0.369 e. The summed E-state index contributed by atoms with van der Waals surface area (Å²) in [6.45, 7) is 3.71. The summed E-state index contributed by atoms with van der Waals surface area (Å²) < 4.78 is 40.3. The van der Waals surface area contributed by atoms with E-state index in [1.54, 1.807) is 30.3 Å². The molecule has 1 unspecified atom stereocenters. The van der Waals surface area contributed by atoms with Crippen molar-refractivity contribution in [1.29, 1.82) is 0 Å². The van der Waals surface area contributed by atoms with Gasteiger partial charge in [0.15, 0.2) is 0 Å². The number of halogens is 3. The molecule has 0 fully saturated rings. The van der Waals surface area contributed by atoms with Crippen molar-refractivity contribution in [3.63, 3.8) is 0 Å². The van der Waals surface area contributed by atoms with Crippen LogP contribution in [0.2, 0.25) is 0 Å². The summed E-state index contributed by atoms with van der Waals surface area (Å²) in [4.78, 5) is 13.3. The minimum absolute atomic E-state index is 0.107. The Labute approximate surface area is 203 Å². The van der Waals surface area contributed by atoms with Gasteiger partial charge in [-0.15, -0.1) is 6.42 Å². The SMILES string of the molecule is C#Cc1ccc(NC(=O)C(O)(C#Cc2ccccc2)CC(C)(C)c2ccccc2)cc1C(F)(F)F. The van der Waals surface area contributed by atoms with Gasteiger partial charge in [0, 0.05) is 23.2 Å². The molecule has 0 aliphatic carbocycles. The van der Waals surface area contributed by atoms with Crippen LogP contribution < -0.4 is 5.32 Å². The van der Waals surface area contributed by atoms with Gasteiger partial charge >= 0.3 is 6.18 Å². The largest absolute Gasteiger partial charge is 0.417 e. The average Bonchev–Trinajstić information content (AvgIpc) is 2.83. The van der Waals surface area contributed by atoms with Crippen molar-refractivity contribution in [2.24, 2.45) is 0 Å². The quantitative estimate of drug-likeness (QED) is 0.460. The maximum Gasteiger partial charge on any atom is 0.417 e. The van der Waals surface area contributed by atoms with Gasteiger partial charge in [-0.2, -0.15) is 13.2 Å². The van der Waals surface area contributed by atoms with Gasteiger partial charge in [-0.1, -0.05) is 80.1 Å². The Morgan fingerprint density at radius 1 is 0.971 bits per heavy atom. The molecule has 3 nitrogen and oxygen atoms in total. The van der Waals surface area contributed by atoms with Crippen molar-refractivity contribution >= 4 is 11.6 Å². The van der Waals surface area contributed by atoms with Crippen LogP contribution in [0.1, 0.15) is 42.5 Å². The number of aliphatic hydroxyl groups is 1. The zero-order valence-electron chi connectivity index (χ0n) is 19.3. The number of hydrogen-bond donors (Lipinski definition) is 2. The lowest BCUT2D eigenvalue weighted by atomic mass is 9.75. The zero-order valence-corrected chi connectivity index (χ0v) is 19.3. The van der Waals surface area contributed by atoms with Crippen LogP contribution in [0.3, 0.4) is 0 Å². The molecule has 35 heavy (non-hydrogen) atoms. The Morgan fingerprint density at radius 2 is 1.57 bits per heavy atom. The Kier molecular flexibility index (Phi) is 7.39. The van der Waals surface area contributed by atoms with E-state index < -0.39 is 28.7 Å². The third-order valence-electron chi connectivity index (χ3n) is 5.55. The molecule has 3 aromatic rings. The van der Waals surface area contributed by atoms with Gasteiger partial charge in [0.25, 0.3) is 5.91 Å². The van der Waals surface area contributed by atoms with E-state index in [4.69, 9.17) is 6.42 Å². The van der Waals surface area contributed by atoms with Crippen molar-refractivity contribution < 1.29 is 23.1 Å². The van der Waals surface area contributed by atoms with Crippen LogP contribution in [0, 0.1) is 24.2 Å². The highest BCUT2D eigenvalue weighted by Crippen LogP contribution is 2.35. The second-order valence-electron chi connectivity index (χ2n) is 8.76. The van der Waals surface area contributed by atoms with E-state index in [1.165, 1.54) is 6.07 Å². The van der Waals surface area contributed by atoms with Crippen LogP contribution in [0.15, 0.2) is 78.9 Å². The number of amides is 1. The van der Waals surface area contributed by atoms with Crippen molar-refractivity contribution in [2.45, 2.75) is 37.5 Å². The summed E-state index contributed by atoms with van der Waals surface area (Å²) in [5, 5.41) is 13.9. The van der Waals surface area contributed by atoms with Crippen molar-refractivity contribution in [2.75, 3.05) is 5.32 Å². The molecule has 1 amide bonds. The van der Waals surface area contributed by atoms with Gasteiger partial charge in [-0.05, 0) is 41.3 Å². The molecule has 0 spiro atoms. The number of carbonyl (C=O) groups is 1. The number of anilines is 1. The normalized spacial score (nSPS) is 13.1. The van der Waals surface area contributed by atoms with Crippen LogP contribution >= 0.6 is 0 Å². The van der Waals surface area contributed by atoms with Gasteiger partial charge in [0.05, 0.1) is 5.56 Å². The van der Waals surface area contributed by atoms with E-state index in [-0.39, 0.29) is 17.7 Å². The molecule has 2 N–H and O–H groups in total. The second kappa shape index (κ2) is 10.1. The highest BCUT2D eigenvalue weighted by Gasteiger charge is 2.41. The summed E-state index contributed by atoms with van der Waals surface area (Å²) in [6.07, 6.45) is 0.378. The van der Waals surface area contributed by atoms with Gasteiger partial charge < -0.3 is 10.4 Å². The molecule has 0 aromatic heterocycles. The number of terminal acetylenes is 1. The fraction of sp³-hybridized carbons (Fsp3) is 0.207. The number of rotatable bonds is 5. The van der Waals surface area contributed by atoms with E-state index in [0.717, 1.165) is 17.7 Å².